The number of fused-ring (bicyclic) bond motifs is 1. The molecule has 29 heavy (non-hydrogen) atoms. The summed E-state index contributed by atoms with van der Waals surface area (Å²) in [4.78, 5) is 30.4. The summed E-state index contributed by atoms with van der Waals surface area (Å²) in [5.41, 5.74) is 2.44. The van der Waals surface area contributed by atoms with Crippen molar-refractivity contribution in [2.75, 3.05) is 14.2 Å². The minimum absolute atomic E-state index is 0.242. The minimum atomic E-state index is -0.539. The molecule has 0 fully saturated rings. The molecular formula is C20H23N3O5S. The first-order chi connectivity index (χ1) is 13.8. The van der Waals surface area contributed by atoms with E-state index in [2.05, 4.69) is 10.3 Å². The molecule has 0 bridgehead atoms. The Balaban J connectivity index is 1.94. The number of aliphatic hydroxyl groups excluding tert-OH is 1. The summed E-state index contributed by atoms with van der Waals surface area (Å²) in [6.07, 6.45) is 0. The van der Waals surface area contributed by atoms with Gasteiger partial charge in [-0.15, -0.1) is 0 Å². The van der Waals surface area contributed by atoms with Gasteiger partial charge in [0, 0.05) is 11.3 Å². The Morgan fingerprint density at radius 1 is 1.28 bits per heavy atom. The zero-order chi connectivity index (χ0) is 21.3. The molecule has 1 unspecified atom stereocenters. The number of hydrogen-bond donors (Lipinski definition) is 2. The lowest BCUT2D eigenvalue weighted by atomic mass is 10.0. The molecule has 2 heterocycles. The van der Waals surface area contributed by atoms with E-state index >= 15 is 0 Å². The van der Waals surface area contributed by atoms with Crippen LogP contribution in [0.3, 0.4) is 0 Å². The molecule has 9 heteroatoms. The van der Waals surface area contributed by atoms with E-state index in [1.54, 1.807) is 19.1 Å². The van der Waals surface area contributed by atoms with Gasteiger partial charge in [0.05, 0.1) is 32.3 Å². The Hall–Kier alpha value is -2.91. The number of aromatic nitrogens is 2. The molecule has 0 aliphatic rings. The van der Waals surface area contributed by atoms with Crippen molar-refractivity contribution in [1.29, 1.82) is 0 Å². The molecule has 2 N–H and O–H groups in total. The summed E-state index contributed by atoms with van der Waals surface area (Å²) in [7, 11) is 2.99. The van der Waals surface area contributed by atoms with Crippen molar-refractivity contribution < 1.29 is 19.4 Å². The Kier molecular flexibility index (Phi) is 5.90. The summed E-state index contributed by atoms with van der Waals surface area (Å²) in [6.45, 7) is 5.22. The summed E-state index contributed by atoms with van der Waals surface area (Å²) in [5.74, 6) is 0.888. The van der Waals surface area contributed by atoms with E-state index < -0.39 is 12.1 Å². The zero-order valence-corrected chi connectivity index (χ0v) is 17.7. The maximum absolute atomic E-state index is 12.8. The van der Waals surface area contributed by atoms with Crippen molar-refractivity contribution >= 4 is 27.8 Å². The van der Waals surface area contributed by atoms with Gasteiger partial charge in [0.1, 0.15) is 4.83 Å². The normalized spacial score (nSPS) is 12.1. The van der Waals surface area contributed by atoms with E-state index in [9.17, 15) is 14.7 Å². The van der Waals surface area contributed by atoms with Gasteiger partial charge in [0.2, 0.25) is 0 Å². The van der Waals surface area contributed by atoms with Crippen LogP contribution in [0.25, 0.3) is 10.2 Å². The third-order valence-corrected chi connectivity index (χ3v) is 5.64. The first-order valence-electron chi connectivity index (χ1n) is 8.97. The van der Waals surface area contributed by atoms with Crippen molar-refractivity contribution in [2.24, 2.45) is 0 Å². The number of aryl methyl sites for hydroxylation is 2. The molecule has 0 spiro atoms. The lowest BCUT2D eigenvalue weighted by Gasteiger charge is -2.18. The number of carbonyl (C=O) groups is 1. The highest BCUT2D eigenvalue weighted by atomic mass is 32.1. The van der Waals surface area contributed by atoms with E-state index in [1.807, 2.05) is 19.9 Å². The number of nitrogens with one attached hydrogen (secondary N) is 1. The number of benzene rings is 1. The van der Waals surface area contributed by atoms with E-state index in [-0.39, 0.29) is 12.2 Å². The molecule has 0 aliphatic carbocycles. The molecule has 1 aromatic carbocycles. The Labute approximate surface area is 171 Å². The van der Waals surface area contributed by atoms with Gasteiger partial charge in [-0.1, -0.05) is 0 Å². The molecule has 8 nitrogen and oxygen atoms in total. The molecule has 154 valence electrons. The number of pyridine rings is 1. The van der Waals surface area contributed by atoms with Gasteiger partial charge >= 0.3 is 6.03 Å². The minimum Gasteiger partial charge on any atom is -0.493 e. The summed E-state index contributed by atoms with van der Waals surface area (Å²) in [6, 6.07) is 4.30. The molecule has 3 aromatic rings. The lowest BCUT2D eigenvalue weighted by Crippen LogP contribution is -2.34. The largest absolute Gasteiger partial charge is 0.493 e. The van der Waals surface area contributed by atoms with Crippen molar-refractivity contribution in [3.05, 3.63) is 50.9 Å². The number of methoxy groups -OCH3 is 2. The van der Waals surface area contributed by atoms with Crippen LogP contribution in [0.15, 0.2) is 23.0 Å². The van der Waals surface area contributed by atoms with Crippen LogP contribution in [0.4, 0.5) is 4.79 Å². The molecule has 0 aliphatic heterocycles. The van der Waals surface area contributed by atoms with Gasteiger partial charge in [-0.05, 0) is 61.6 Å². The standard InChI is InChI=1S/C20H23N3O5S/c1-10-6-11(2)21-18-16(10)19(25)23(29-18)20(26)22-12(3)13-7-14(9-24)17(28-5)15(8-13)27-4/h6-8,12,24H,9H2,1-5H3,(H,22,26). The lowest BCUT2D eigenvalue weighted by molar-refractivity contribution is 0.241. The second-order valence-corrected chi connectivity index (χ2v) is 7.63. The van der Waals surface area contributed by atoms with Crippen LogP contribution in [0, 0.1) is 13.8 Å². The molecule has 1 amide bonds. The number of aliphatic hydroxyl groups is 1. The van der Waals surface area contributed by atoms with Crippen LogP contribution in [0.2, 0.25) is 0 Å². The highest BCUT2D eigenvalue weighted by Gasteiger charge is 2.20. The van der Waals surface area contributed by atoms with Gasteiger partial charge in [-0.3, -0.25) is 4.79 Å². The van der Waals surface area contributed by atoms with E-state index in [0.29, 0.717) is 32.8 Å². The highest BCUT2D eigenvalue weighted by Crippen LogP contribution is 2.34. The SMILES string of the molecule is COc1cc(C(C)NC(=O)n2sc3nc(C)cc(C)c3c2=O)cc(CO)c1OC. The number of carbonyl (C=O) groups excluding carboxylic acids is 1. The average Bonchev–Trinajstić information content (AvgIpc) is 3.03. The number of nitrogens with zero attached hydrogens (tertiary/aromatic N) is 2. The molecule has 0 saturated carbocycles. The highest BCUT2D eigenvalue weighted by molar-refractivity contribution is 7.14. The smallest absolute Gasteiger partial charge is 0.338 e. The third kappa shape index (κ3) is 3.83. The van der Waals surface area contributed by atoms with Crippen molar-refractivity contribution in [3.63, 3.8) is 0 Å². The first-order valence-corrected chi connectivity index (χ1v) is 9.74. The van der Waals surface area contributed by atoms with E-state index in [1.165, 1.54) is 14.2 Å². The van der Waals surface area contributed by atoms with Crippen molar-refractivity contribution in [1.82, 2.24) is 14.3 Å². The van der Waals surface area contributed by atoms with Gasteiger partial charge in [0.15, 0.2) is 11.5 Å². The van der Waals surface area contributed by atoms with Crippen molar-refractivity contribution in [3.8, 4) is 11.5 Å². The molecule has 2 aromatic heterocycles. The first kappa shape index (κ1) is 20.8. The second-order valence-electron chi connectivity index (χ2n) is 6.70. The molecular weight excluding hydrogens is 394 g/mol. The fourth-order valence-electron chi connectivity index (χ4n) is 3.25. The van der Waals surface area contributed by atoms with Gasteiger partial charge in [-0.2, -0.15) is 3.96 Å². The second kappa shape index (κ2) is 8.22. The van der Waals surface area contributed by atoms with Crippen LogP contribution in [0.1, 0.15) is 35.3 Å². The van der Waals surface area contributed by atoms with E-state index in [4.69, 9.17) is 9.47 Å². The fraction of sp³-hybridized carbons (Fsp3) is 0.350. The number of ether oxygens (including phenoxy) is 2. The Morgan fingerprint density at radius 2 is 2.00 bits per heavy atom. The van der Waals surface area contributed by atoms with Crippen LogP contribution < -0.4 is 20.3 Å². The van der Waals surface area contributed by atoms with Crippen molar-refractivity contribution in [2.45, 2.75) is 33.4 Å². The predicted molar refractivity (Wildman–Crippen MR) is 111 cm³/mol. The number of hydrogen-bond acceptors (Lipinski definition) is 7. The number of rotatable bonds is 5. The Bertz CT molecular complexity index is 1110. The maximum Gasteiger partial charge on any atom is 0.338 e. The maximum atomic E-state index is 12.8. The number of amides is 1. The molecule has 0 saturated heterocycles. The third-order valence-electron chi connectivity index (χ3n) is 4.66. The van der Waals surface area contributed by atoms with E-state index in [0.717, 1.165) is 26.7 Å². The van der Waals surface area contributed by atoms with Crippen LogP contribution >= 0.6 is 11.5 Å². The van der Waals surface area contributed by atoms with Gasteiger partial charge in [0.25, 0.3) is 5.56 Å². The van der Waals surface area contributed by atoms with Crippen LogP contribution in [-0.4, -0.2) is 34.3 Å². The summed E-state index contributed by atoms with van der Waals surface area (Å²) in [5, 5.41) is 12.9. The Morgan fingerprint density at radius 3 is 2.62 bits per heavy atom. The van der Waals surface area contributed by atoms with Crippen LogP contribution in [0.5, 0.6) is 11.5 Å². The van der Waals surface area contributed by atoms with Crippen LogP contribution in [-0.2, 0) is 6.61 Å². The summed E-state index contributed by atoms with van der Waals surface area (Å²) < 4.78 is 11.7. The predicted octanol–water partition coefficient (Wildman–Crippen LogP) is 2.90. The summed E-state index contributed by atoms with van der Waals surface area (Å²) >= 11 is 1.02. The fourth-order valence-corrected chi connectivity index (χ4v) is 4.26. The van der Waals surface area contributed by atoms with Gasteiger partial charge < -0.3 is 19.9 Å². The molecule has 3 rings (SSSR count). The average molecular weight is 417 g/mol. The topological polar surface area (TPSA) is 103 Å². The molecule has 1 atom stereocenters. The van der Waals surface area contributed by atoms with Gasteiger partial charge in [-0.25, -0.2) is 9.78 Å². The monoisotopic (exact) mass is 417 g/mol. The zero-order valence-electron chi connectivity index (χ0n) is 16.9. The molecule has 0 radical (unpaired) electrons. The quantitative estimate of drug-likeness (QED) is 0.662.